The minimum atomic E-state index is 0.783. The van der Waals surface area contributed by atoms with Gasteiger partial charge in [-0.3, -0.25) is 0 Å². The second-order valence-electron chi connectivity index (χ2n) is 6.13. The fraction of sp³-hybridized carbons (Fsp3) is 0.263. The number of halogens is 1. The van der Waals surface area contributed by atoms with Crippen molar-refractivity contribution in [1.29, 1.82) is 0 Å². The van der Waals surface area contributed by atoms with Crippen LogP contribution in [0.25, 0.3) is 10.9 Å². The van der Waals surface area contributed by atoms with Gasteiger partial charge in [0, 0.05) is 34.7 Å². The molecule has 0 saturated heterocycles. The number of aromatic nitrogens is 1. The number of benzene rings is 2. The molecule has 3 aromatic rings. The van der Waals surface area contributed by atoms with E-state index in [1.54, 1.807) is 0 Å². The zero-order valence-electron chi connectivity index (χ0n) is 13.3. The van der Waals surface area contributed by atoms with Crippen LogP contribution in [0, 0.1) is 6.92 Å². The molecule has 3 rings (SSSR count). The Bertz CT molecular complexity index is 785. The predicted molar refractivity (Wildman–Crippen MR) is 94.6 cm³/mol. The van der Waals surface area contributed by atoms with Gasteiger partial charge < -0.3 is 9.47 Å². The molecule has 3 heteroatoms. The minimum absolute atomic E-state index is 0.783. The van der Waals surface area contributed by atoms with Crippen molar-refractivity contribution in [2.75, 3.05) is 14.1 Å². The summed E-state index contributed by atoms with van der Waals surface area (Å²) < 4.78 is 2.36. The van der Waals surface area contributed by atoms with Gasteiger partial charge in [-0.15, -0.1) is 0 Å². The predicted octanol–water partition coefficient (Wildman–Crippen LogP) is 4.71. The Morgan fingerprint density at radius 2 is 1.64 bits per heavy atom. The number of hydrogen-bond acceptors (Lipinski definition) is 1. The third-order valence-electron chi connectivity index (χ3n) is 3.93. The Kier molecular flexibility index (Phi) is 4.23. The van der Waals surface area contributed by atoms with E-state index >= 15 is 0 Å². The van der Waals surface area contributed by atoms with Gasteiger partial charge in [0.15, 0.2) is 0 Å². The number of nitrogens with zero attached hydrogens (tertiary/aromatic N) is 2. The number of rotatable bonds is 4. The average molecular weight is 313 g/mol. The van der Waals surface area contributed by atoms with E-state index in [1.165, 1.54) is 27.7 Å². The van der Waals surface area contributed by atoms with Gasteiger partial charge >= 0.3 is 0 Å². The van der Waals surface area contributed by atoms with Gasteiger partial charge in [0.1, 0.15) is 0 Å². The van der Waals surface area contributed by atoms with Crippen LogP contribution in [-0.4, -0.2) is 23.6 Å². The maximum absolute atomic E-state index is 5.97. The van der Waals surface area contributed by atoms with Crippen molar-refractivity contribution in [3.63, 3.8) is 0 Å². The molecule has 0 saturated carbocycles. The molecule has 0 unspecified atom stereocenters. The highest BCUT2D eigenvalue weighted by molar-refractivity contribution is 6.30. The van der Waals surface area contributed by atoms with Crippen molar-refractivity contribution >= 4 is 22.5 Å². The largest absolute Gasteiger partial charge is 0.340 e. The van der Waals surface area contributed by atoms with Crippen LogP contribution in [0.4, 0.5) is 0 Å². The summed E-state index contributed by atoms with van der Waals surface area (Å²) in [5.74, 6) is 0. The Labute approximate surface area is 136 Å². The van der Waals surface area contributed by atoms with Gasteiger partial charge in [0.05, 0.1) is 0 Å². The smallest absolute Gasteiger partial charge is 0.0485 e. The lowest BCUT2D eigenvalue weighted by atomic mass is 10.1. The van der Waals surface area contributed by atoms with E-state index in [0.717, 1.165) is 18.1 Å². The summed E-state index contributed by atoms with van der Waals surface area (Å²) in [5.41, 5.74) is 5.19. The molecule has 1 aromatic heterocycles. The van der Waals surface area contributed by atoms with E-state index in [1.807, 2.05) is 12.1 Å². The van der Waals surface area contributed by atoms with E-state index in [4.69, 9.17) is 11.6 Å². The molecule has 0 fully saturated rings. The van der Waals surface area contributed by atoms with Crippen LogP contribution in [0.15, 0.2) is 48.5 Å². The molecule has 0 aliphatic heterocycles. The standard InChI is InChI=1S/C19H21ClN2/c1-14-10-17-11-16(12-21(2)3)6-9-19(17)22(14)13-15-4-7-18(20)8-5-15/h4-11H,12-13H2,1-3H3. The first-order valence-electron chi connectivity index (χ1n) is 7.51. The molecular formula is C19H21ClN2. The fourth-order valence-electron chi connectivity index (χ4n) is 2.90. The quantitative estimate of drug-likeness (QED) is 0.677. The Balaban J connectivity index is 1.95. The van der Waals surface area contributed by atoms with Gasteiger partial charge in [-0.2, -0.15) is 0 Å². The van der Waals surface area contributed by atoms with Crippen LogP contribution >= 0.6 is 11.6 Å². The molecule has 1 heterocycles. The van der Waals surface area contributed by atoms with E-state index in [9.17, 15) is 0 Å². The minimum Gasteiger partial charge on any atom is -0.340 e. The molecule has 114 valence electrons. The monoisotopic (exact) mass is 312 g/mol. The number of aryl methyl sites for hydroxylation is 1. The molecule has 0 aliphatic carbocycles. The van der Waals surface area contributed by atoms with Gasteiger partial charge in [-0.1, -0.05) is 29.8 Å². The first-order valence-corrected chi connectivity index (χ1v) is 7.88. The lowest BCUT2D eigenvalue weighted by Gasteiger charge is -2.11. The highest BCUT2D eigenvalue weighted by Gasteiger charge is 2.07. The zero-order valence-corrected chi connectivity index (χ0v) is 14.1. The van der Waals surface area contributed by atoms with Gasteiger partial charge in [0.2, 0.25) is 0 Å². The number of fused-ring (bicyclic) bond motifs is 1. The van der Waals surface area contributed by atoms with Crippen molar-refractivity contribution in [2.45, 2.75) is 20.0 Å². The molecule has 2 nitrogen and oxygen atoms in total. The van der Waals surface area contributed by atoms with Crippen molar-refractivity contribution in [2.24, 2.45) is 0 Å². The summed E-state index contributed by atoms with van der Waals surface area (Å²) in [5, 5.41) is 2.09. The summed E-state index contributed by atoms with van der Waals surface area (Å²) in [4.78, 5) is 2.19. The first kappa shape index (κ1) is 15.1. The van der Waals surface area contributed by atoms with E-state index in [0.29, 0.717) is 0 Å². The first-order chi connectivity index (χ1) is 10.5. The molecule has 0 aliphatic rings. The highest BCUT2D eigenvalue weighted by atomic mass is 35.5. The van der Waals surface area contributed by atoms with E-state index < -0.39 is 0 Å². The summed E-state index contributed by atoms with van der Waals surface area (Å²) in [6.07, 6.45) is 0. The molecule has 0 amide bonds. The Hall–Kier alpha value is -1.77. The summed E-state index contributed by atoms with van der Waals surface area (Å²) in [6, 6.07) is 17.1. The van der Waals surface area contributed by atoms with Crippen LogP contribution in [-0.2, 0) is 13.1 Å². The van der Waals surface area contributed by atoms with Crippen molar-refractivity contribution in [1.82, 2.24) is 9.47 Å². The molecule has 2 aromatic carbocycles. The second kappa shape index (κ2) is 6.15. The Morgan fingerprint density at radius 3 is 2.32 bits per heavy atom. The molecule has 22 heavy (non-hydrogen) atoms. The van der Waals surface area contributed by atoms with Crippen molar-refractivity contribution in [3.05, 3.63) is 70.4 Å². The van der Waals surface area contributed by atoms with Crippen LogP contribution in [0.1, 0.15) is 16.8 Å². The van der Waals surface area contributed by atoms with Crippen LogP contribution in [0.3, 0.4) is 0 Å². The highest BCUT2D eigenvalue weighted by Crippen LogP contribution is 2.23. The maximum atomic E-state index is 5.97. The lowest BCUT2D eigenvalue weighted by molar-refractivity contribution is 0.403. The third kappa shape index (κ3) is 3.18. The van der Waals surface area contributed by atoms with Crippen molar-refractivity contribution < 1.29 is 0 Å². The molecule has 0 spiro atoms. The molecule has 0 atom stereocenters. The van der Waals surface area contributed by atoms with E-state index in [-0.39, 0.29) is 0 Å². The van der Waals surface area contributed by atoms with Gasteiger partial charge in [-0.05, 0) is 62.5 Å². The summed E-state index contributed by atoms with van der Waals surface area (Å²) in [7, 11) is 4.20. The van der Waals surface area contributed by atoms with Gasteiger partial charge in [-0.25, -0.2) is 0 Å². The normalized spacial score (nSPS) is 11.5. The summed E-state index contributed by atoms with van der Waals surface area (Å²) in [6.45, 7) is 4.01. The summed E-state index contributed by atoms with van der Waals surface area (Å²) >= 11 is 5.97. The SMILES string of the molecule is Cc1cc2cc(CN(C)C)ccc2n1Cc1ccc(Cl)cc1. The van der Waals surface area contributed by atoms with Crippen molar-refractivity contribution in [3.8, 4) is 0 Å². The lowest BCUT2D eigenvalue weighted by Crippen LogP contribution is -2.10. The maximum Gasteiger partial charge on any atom is 0.0485 e. The fourth-order valence-corrected chi connectivity index (χ4v) is 3.03. The molecule has 0 radical (unpaired) electrons. The Morgan fingerprint density at radius 1 is 0.955 bits per heavy atom. The topological polar surface area (TPSA) is 8.17 Å². The zero-order chi connectivity index (χ0) is 15.7. The number of hydrogen-bond donors (Lipinski definition) is 0. The molecule has 0 N–H and O–H groups in total. The molecular weight excluding hydrogens is 292 g/mol. The van der Waals surface area contributed by atoms with Gasteiger partial charge in [0.25, 0.3) is 0 Å². The molecule has 0 bridgehead atoms. The third-order valence-corrected chi connectivity index (χ3v) is 4.18. The second-order valence-corrected chi connectivity index (χ2v) is 6.57. The average Bonchev–Trinajstić information content (AvgIpc) is 2.76. The van der Waals surface area contributed by atoms with Crippen LogP contribution < -0.4 is 0 Å². The van der Waals surface area contributed by atoms with Crippen LogP contribution in [0.2, 0.25) is 5.02 Å². The van der Waals surface area contributed by atoms with Crippen LogP contribution in [0.5, 0.6) is 0 Å². The van der Waals surface area contributed by atoms with E-state index in [2.05, 4.69) is 66.9 Å².